The molecule has 1 heterocycles. The summed E-state index contributed by atoms with van der Waals surface area (Å²) < 4.78 is 5.50. The summed E-state index contributed by atoms with van der Waals surface area (Å²) >= 11 is 0. The predicted octanol–water partition coefficient (Wildman–Crippen LogP) is 2.68. The molecule has 0 aliphatic carbocycles. The number of fused-ring (bicyclic) bond motifs is 1. The number of aromatic nitrogens is 1. The van der Waals surface area contributed by atoms with Crippen molar-refractivity contribution in [2.24, 2.45) is 5.73 Å². The standard InChI is InChI=1S/C16H16N2O2/c1-10-18-14-6-5-13(8-15(14)20-10)16(19)12-4-2-3-11(7-12)9-17/h2-8,16,19H,9,17H2,1H3. The second kappa shape index (κ2) is 5.07. The Hall–Kier alpha value is -2.17. The molecule has 3 N–H and O–H groups in total. The van der Waals surface area contributed by atoms with E-state index in [0.717, 1.165) is 22.2 Å². The minimum atomic E-state index is -0.698. The molecule has 0 aliphatic rings. The van der Waals surface area contributed by atoms with E-state index in [1.807, 2.05) is 42.5 Å². The molecular weight excluding hydrogens is 252 g/mol. The summed E-state index contributed by atoms with van der Waals surface area (Å²) in [6, 6.07) is 13.2. The minimum Gasteiger partial charge on any atom is -0.441 e. The normalized spacial score (nSPS) is 12.8. The number of oxazole rings is 1. The Bertz CT molecular complexity index is 749. The summed E-state index contributed by atoms with van der Waals surface area (Å²) in [7, 11) is 0. The van der Waals surface area contributed by atoms with Crippen LogP contribution in [0.2, 0.25) is 0 Å². The molecule has 0 fully saturated rings. The molecule has 1 atom stereocenters. The van der Waals surface area contributed by atoms with Crippen LogP contribution in [0.3, 0.4) is 0 Å². The first kappa shape index (κ1) is 12.8. The highest BCUT2D eigenvalue weighted by Gasteiger charge is 2.13. The molecule has 1 unspecified atom stereocenters. The fraction of sp³-hybridized carbons (Fsp3) is 0.188. The minimum absolute atomic E-state index is 0.459. The quantitative estimate of drug-likeness (QED) is 0.766. The molecule has 102 valence electrons. The van der Waals surface area contributed by atoms with Gasteiger partial charge in [-0.1, -0.05) is 30.3 Å². The summed E-state index contributed by atoms with van der Waals surface area (Å²) in [5.74, 6) is 0.622. The topological polar surface area (TPSA) is 72.3 Å². The van der Waals surface area contributed by atoms with E-state index < -0.39 is 6.10 Å². The third-order valence-corrected chi connectivity index (χ3v) is 3.34. The first-order valence-electron chi connectivity index (χ1n) is 6.51. The fourth-order valence-corrected chi connectivity index (χ4v) is 2.31. The van der Waals surface area contributed by atoms with E-state index in [2.05, 4.69) is 4.98 Å². The van der Waals surface area contributed by atoms with Gasteiger partial charge in [0.05, 0.1) is 0 Å². The Morgan fingerprint density at radius 1 is 1.20 bits per heavy atom. The maximum absolute atomic E-state index is 10.5. The van der Waals surface area contributed by atoms with Gasteiger partial charge in [0.25, 0.3) is 0 Å². The summed E-state index contributed by atoms with van der Waals surface area (Å²) in [6.07, 6.45) is -0.698. The van der Waals surface area contributed by atoms with E-state index in [0.29, 0.717) is 18.0 Å². The van der Waals surface area contributed by atoms with E-state index in [4.69, 9.17) is 10.2 Å². The summed E-state index contributed by atoms with van der Waals surface area (Å²) in [5.41, 5.74) is 9.72. The number of aliphatic hydroxyl groups is 1. The molecule has 0 saturated carbocycles. The van der Waals surface area contributed by atoms with Gasteiger partial charge in [-0.25, -0.2) is 4.98 Å². The summed E-state index contributed by atoms with van der Waals surface area (Å²) in [5, 5.41) is 10.5. The SMILES string of the molecule is Cc1nc2ccc(C(O)c3cccc(CN)c3)cc2o1. The number of aliphatic hydroxyl groups excluding tert-OH is 1. The smallest absolute Gasteiger partial charge is 0.192 e. The molecule has 0 bridgehead atoms. The highest BCUT2D eigenvalue weighted by atomic mass is 16.3. The van der Waals surface area contributed by atoms with Crippen molar-refractivity contribution in [2.75, 3.05) is 0 Å². The molecule has 4 heteroatoms. The molecule has 4 nitrogen and oxygen atoms in total. The molecule has 2 aromatic carbocycles. The first-order valence-corrected chi connectivity index (χ1v) is 6.51. The van der Waals surface area contributed by atoms with E-state index in [-0.39, 0.29) is 0 Å². The Kier molecular flexibility index (Phi) is 3.26. The molecule has 3 rings (SSSR count). The van der Waals surface area contributed by atoms with Crippen LogP contribution in [-0.4, -0.2) is 10.1 Å². The van der Waals surface area contributed by atoms with Gasteiger partial charge in [-0.3, -0.25) is 0 Å². The molecule has 0 spiro atoms. The molecule has 1 aromatic heterocycles. The lowest BCUT2D eigenvalue weighted by Crippen LogP contribution is -2.02. The molecule has 0 saturated heterocycles. The van der Waals surface area contributed by atoms with Crippen molar-refractivity contribution in [3.63, 3.8) is 0 Å². The van der Waals surface area contributed by atoms with Gasteiger partial charge >= 0.3 is 0 Å². The predicted molar refractivity (Wildman–Crippen MR) is 77.1 cm³/mol. The highest BCUT2D eigenvalue weighted by molar-refractivity contribution is 5.73. The number of nitrogens with two attached hydrogens (primary N) is 1. The van der Waals surface area contributed by atoms with Gasteiger partial charge in [0, 0.05) is 13.5 Å². The number of aryl methyl sites for hydroxylation is 1. The number of nitrogens with zero attached hydrogens (tertiary/aromatic N) is 1. The maximum Gasteiger partial charge on any atom is 0.192 e. The lowest BCUT2D eigenvalue weighted by molar-refractivity contribution is 0.220. The molecule has 0 aliphatic heterocycles. The Labute approximate surface area is 116 Å². The monoisotopic (exact) mass is 268 g/mol. The average Bonchev–Trinajstić information content (AvgIpc) is 2.85. The number of benzene rings is 2. The van der Waals surface area contributed by atoms with Crippen LogP contribution in [0.25, 0.3) is 11.1 Å². The molecule has 20 heavy (non-hydrogen) atoms. The Balaban J connectivity index is 2.00. The van der Waals surface area contributed by atoms with Crippen LogP contribution in [0.1, 0.15) is 28.7 Å². The van der Waals surface area contributed by atoms with Crippen molar-refractivity contribution in [3.8, 4) is 0 Å². The lowest BCUT2D eigenvalue weighted by atomic mass is 9.99. The van der Waals surface area contributed by atoms with Crippen LogP contribution in [0.5, 0.6) is 0 Å². The zero-order valence-corrected chi connectivity index (χ0v) is 11.2. The van der Waals surface area contributed by atoms with Gasteiger partial charge in [0.2, 0.25) is 0 Å². The zero-order chi connectivity index (χ0) is 14.1. The van der Waals surface area contributed by atoms with Gasteiger partial charge < -0.3 is 15.3 Å². The van der Waals surface area contributed by atoms with Crippen LogP contribution >= 0.6 is 0 Å². The first-order chi connectivity index (χ1) is 9.67. The lowest BCUT2D eigenvalue weighted by Gasteiger charge is -2.12. The van der Waals surface area contributed by atoms with E-state index >= 15 is 0 Å². The maximum atomic E-state index is 10.5. The van der Waals surface area contributed by atoms with Crippen LogP contribution in [0.15, 0.2) is 46.9 Å². The third-order valence-electron chi connectivity index (χ3n) is 3.34. The second-order valence-electron chi connectivity index (χ2n) is 4.81. The van der Waals surface area contributed by atoms with E-state index in [1.54, 1.807) is 6.92 Å². The van der Waals surface area contributed by atoms with Crippen LogP contribution in [0.4, 0.5) is 0 Å². The van der Waals surface area contributed by atoms with Gasteiger partial charge in [-0.05, 0) is 28.8 Å². The Morgan fingerprint density at radius 2 is 2.00 bits per heavy atom. The van der Waals surface area contributed by atoms with Crippen molar-refractivity contribution < 1.29 is 9.52 Å². The van der Waals surface area contributed by atoms with Crippen molar-refractivity contribution in [1.29, 1.82) is 0 Å². The van der Waals surface area contributed by atoms with Crippen LogP contribution in [0, 0.1) is 6.92 Å². The second-order valence-corrected chi connectivity index (χ2v) is 4.81. The number of hydrogen-bond acceptors (Lipinski definition) is 4. The number of hydrogen-bond donors (Lipinski definition) is 2. The molecular formula is C16H16N2O2. The fourth-order valence-electron chi connectivity index (χ4n) is 2.31. The van der Waals surface area contributed by atoms with E-state index in [1.165, 1.54) is 0 Å². The highest BCUT2D eigenvalue weighted by Crippen LogP contribution is 2.26. The molecule has 0 radical (unpaired) electrons. The number of rotatable bonds is 3. The van der Waals surface area contributed by atoms with Crippen molar-refractivity contribution in [2.45, 2.75) is 19.6 Å². The average molecular weight is 268 g/mol. The van der Waals surface area contributed by atoms with Crippen LogP contribution in [-0.2, 0) is 6.54 Å². The summed E-state index contributed by atoms with van der Waals surface area (Å²) in [6.45, 7) is 2.27. The molecule has 3 aromatic rings. The van der Waals surface area contributed by atoms with Gasteiger partial charge in [-0.2, -0.15) is 0 Å². The van der Waals surface area contributed by atoms with Crippen LogP contribution < -0.4 is 5.73 Å². The van der Waals surface area contributed by atoms with E-state index in [9.17, 15) is 5.11 Å². The third kappa shape index (κ3) is 2.31. The van der Waals surface area contributed by atoms with Crippen molar-refractivity contribution in [3.05, 3.63) is 65.0 Å². The molecule has 0 amide bonds. The zero-order valence-electron chi connectivity index (χ0n) is 11.2. The largest absolute Gasteiger partial charge is 0.441 e. The van der Waals surface area contributed by atoms with Gasteiger partial charge in [0.15, 0.2) is 11.5 Å². The van der Waals surface area contributed by atoms with Gasteiger partial charge in [-0.15, -0.1) is 0 Å². The summed E-state index contributed by atoms with van der Waals surface area (Å²) in [4.78, 5) is 4.25. The van der Waals surface area contributed by atoms with Crippen molar-refractivity contribution in [1.82, 2.24) is 4.98 Å². The Morgan fingerprint density at radius 3 is 2.80 bits per heavy atom. The van der Waals surface area contributed by atoms with Crippen molar-refractivity contribution >= 4 is 11.1 Å². The van der Waals surface area contributed by atoms with Gasteiger partial charge in [0.1, 0.15) is 11.6 Å².